The average molecular weight is 361 g/mol. The Labute approximate surface area is 152 Å². The number of benzene rings is 2. The number of rotatable bonds is 6. The number of halogens is 1. The van der Waals surface area contributed by atoms with Crippen LogP contribution in [0.2, 0.25) is 5.02 Å². The number of carbonyl (C=O) groups is 2. The van der Waals surface area contributed by atoms with Crippen LogP contribution in [0.1, 0.15) is 22.8 Å². The van der Waals surface area contributed by atoms with E-state index in [0.717, 1.165) is 5.56 Å². The first-order chi connectivity index (χ1) is 11.9. The quantitative estimate of drug-likeness (QED) is 0.858. The second kappa shape index (κ2) is 8.53. The van der Waals surface area contributed by atoms with E-state index >= 15 is 0 Å². The van der Waals surface area contributed by atoms with Crippen molar-refractivity contribution in [2.75, 3.05) is 25.1 Å². The Morgan fingerprint density at radius 3 is 2.40 bits per heavy atom. The largest absolute Gasteiger partial charge is 0.495 e. The highest BCUT2D eigenvalue weighted by molar-refractivity contribution is 6.32. The van der Waals surface area contributed by atoms with Crippen molar-refractivity contribution in [3.05, 3.63) is 58.6 Å². The van der Waals surface area contributed by atoms with E-state index in [9.17, 15) is 9.59 Å². The number of anilines is 1. The molecule has 1 N–H and O–H groups in total. The molecule has 6 heteroatoms. The molecule has 0 saturated carbocycles. The van der Waals surface area contributed by atoms with Crippen LogP contribution >= 0.6 is 11.6 Å². The third kappa shape index (κ3) is 4.97. The van der Waals surface area contributed by atoms with Gasteiger partial charge in [-0.2, -0.15) is 0 Å². The van der Waals surface area contributed by atoms with E-state index in [1.807, 2.05) is 19.1 Å². The predicted molar refractivity (Wildman–Crippen MR) is 99.5 cm³/mol. The van der Waals surface area contributed by atoms with Gasteiger partial charge in [0.25, 0.3) is 5.91 Å². The van der Waals surface area contributed by atoms with Gasteiger partial charge in [-0.05, 0) is 37.3 Å². The fourth-order valence-corrected chi connectivity index (χ4v) is 2.63. The van der Waals surface area contributed by atoms with Gasteiger partial charge in [0.15, 0.2) is 0 Å². The lowest BCUT2D eigenvalue weighted by molar-refractivity contribution is -0.116. The summed E-state index contributed by atoms with van der Waals surface area (Å²) in [6.45, 7) is 4.11. The summed E-state index contributed by atoms with van der Waals surface area (Å²) in [7, 11) is 1.53. The standard InChI is InChI=1S/C19H21ClN2O3/c1-13-4-6-15(7-5-13)19(24)21-10-11-22(14(2)23)16-8-9-18(25-3)17(20)12-16/h4-9,12H,10-11H2,1-3H3,(H,21,24). The van der Waals surface area contributed by atoms with Crippen LogP contribution in [0.5, 0.6) is 5.75 Å². The van der Waals surface area contributed by atoms with Gasteiger partial charge < -0.3 is 15.0 Å². The Balaban J connectivity index is 2.00. The van der Waals surface area contributed by atoms with Crippen LogP contribution < -0.4 is 15.0 Å². The molecule has 2 aromatic carbocycles. The molecule has 5 nitrogen and oxygen atoms in total. The number of nitrogens with zero attached hydrogens (tertiary/aromatic N) is 1. The Morgan fingerprint density at radius 2 is 1.84 bits per heavy atom. The molecule has 0 aliphatic carbocycles. The third-order valence-corrected chi connectivity index (χ3v) is 4.06. The van der Waals surface area contributed by atoms with E-state index in [4.69, 9.17) is 16.3 Å². The van der Waals surface area contributed by atoms with Crippen molar-refractivity contribution in [3.8, 4) is 5.75 Å². The lowest BCUT2D eigenvalue weighted by atomic mass is 10.1. The maximum atomic E-state index is 12.1. The zero-order chi connectivity index (χ0) is 18.4. The zero-order valence-corrected chi connectivity index (χ0v) is 15.3. The molecule has 0 bridgehead atoms. The van der Waals surface area contributed by atoms with Crippen molar-refractivity contribution in [1.29, 1.82) is 0 Å². The molecule has 0 atom stereocenters. The van der Waals surface area contributed by atoms with Gasteiger partial charge >= 0.3 is 0 Å². The number of ether oxygens (including phenoxy) is 1. The molecule has 2 rings (SSSR count). The Kier molecular flexibility index (Phi) is 6.42. The fourth-order valence-electron chi connectivity index (χ4n) is 2.38. The van der Waals surface area contributed by atoms with Gasteiger partial charge in [0.1, 0.15) is 5.75 Å². The van der Waals surface area contributed by atoms with Gasteiger partial charge in [0.2, 0.25) is 5.91 Å². The monoisotopic (exact) mass is 360 g/mol. The summed E-state index contributed by atoms with van der Waals surface area (Å²) in [5.41, 5.74) is 2.34. The van der Waals surface area contributed by atoms with Gasteiger partial charge in [0.05, 0.1) is 12.1 Å². The SMILES string of the molecule is COc1ccc(N(CCNC(=O)c2ccc(C)cc2)C(C)=O)cc1Cl. The minimum absolute atomic E-state index is 0.134. The van der Waals surface area contributed by atoms with E-state index < -0.39 is 0 Å². The number of methoxy groups -OCH3 is 1. The van der Waals surface area contributed by atoms with E-state index in [-0.39, 0.29) is 11.8 Å². The summed E-state index contributed by atoms with van der Waals surface area (Å²) in [5.74, 6) is 0.240. The molecule has 0 radical (unpaired) electrons. The molecule has 0 saturated heterocycles. The maximum Gasteiger partial charge on any atom is 0.251 e. The molecule has 0 fully saturated rings. The summed E-state index contributed by atoms with van der Waals surface area (Å²) >= 11 is 6.12. The number of amides is 2. The molecule has 132 valence electrons. The van der Waals surface area contributed by atoms with Crippen LogP contribution in [0.3, 0.4) is 0 Å². The molecule has 2 amide bonds. The molecule has 2 aromatic rings. The lowest BCUT2D eigenvalue weighted by Crippen LogP contribution is -2.37. The normalized spacial score (nSPS) is 10.2. The first kappa shape index (κ1) is 18.8. The summed E-state index contributed by atoms with van der Waals surface area (Å²) < 4.78 is 5.12. The minimum Gasteiger partial charge on any atom is -0.495 e. The lowest BCUT2D eigenvalue weighted by Gasteiger charge is -2.22. The van der Waals surface area contributed by atoms with Gasteiger partial charge in [0, 0.05) is 31.3 Å². The van der Waals surface area contributed by atoms with Gasteiger partial charge in [-0.3, -0.25) is 9.59 Å². The molecule has 0 heterocycles. The third-order valence-electron chi connectivity index (χ3n) is 3.76. The number of carbonyl (C=O) groups excluding carboxylic acids is 2. The van der Waals surface area contributed by atoms with Crippen molar-refractivity contribution >= 4 is 29.1 Å². The first-order valence-corrected chi connectivity index (χ1v) is 8.26. The molecule has 0 unspecified atom stereocenters. The van der Waals surface area contributed by atoms with Crippen LogP contribution in [-0.4, -0.2) is 32.0 Å². The van der Waals surface area contributed by atoms with Crippen LogP contribution in [0, 0.1) is 6.92 Å². The highest BCUT2D eigenvalue weighted by atomic mass is 35.5. The van der Waals surface area contributed by atoms with Crippen LogP contribution in [0.25, 0.3) is 0 Å². The Morgan fingerprint density at radius 1 is 1.16 bits per heavy atom. The zero-order valence-electron chi connectivity index (χ0n) is 14.5. The summed E-state index contributed by atoms with van der Waals surface area (Å²) in [4.78, 5) is 25.6. The van der Waals surface area contributed by atoms with Crippen molar-refractivity contribution in [1.82, 2.24) is 5.32 Å². The van der Waals surface area contributed by atoms with E-state index in [2.05, 4.69) is 5.32 Å². The fraction of sp³-hybridized carbons (Fsp3) is 0.263. The highest BCUT2D eigenvalue weighted by Crippen LogP contribution is 2.29. The van der Waals surface area contributed by atoms with Crippen molar-refractivity contribution in [2.24, 2.45) is 0 Å². The maximum absolute atomic E-state index is 12.1. The second-order valence-electron chi connectivity index (χ2n) is 5.61. The minimum atomic E-state index is -0.170. The number of hydrogen-bond acceptors (Lipinski definition) is 3. The van der Waals surface area contributed by atoms with Crippen LogP contribution in [-0.2, 0) is 4.79 Å². The van der Waals surface area contributed by atoms with Crippen molar-refractivity contribution < 1.29 is 14.3 Å². The first-order valence-electron chi connectivity index (χ1n) is 7.89. The summed E-state index contributed by atoms with van der Waals surface area (Å²) in [5, 5.41) is 3.25. The topological polar surface area (TPSA) is 58.6 Å². The summed E-state index contributed by atoms with van der Waals surface area (Å²) in [6.07, 6.45) is 0. The van der Waals surface area contributed by atoms with Gasteiger partial charge in [-0.1, -0.05) is 29.3 Å². The van der Waals surface area contributed by atoms with Crippen LogP contribution in [0.15, 0.2) is 42.5 Å². The number of nitrogens with one attached hydrogen (secondary N) is 1. The molecule has 0 spiro atoms. The van der Waals surface area contributed by atoms with Gasteiger partial charge in [-0.25, -0.2) is 0 Å². The summed E-state index contributed by atoms with van der Waals surface area (Å²) in [6, 6.07) is 12.5. The molecular formula is C19H21ClN2O3. The van der Waals surface area contributed by atoms with Crippen molar-refractivity contribution in [2.45, 2.75) is 13.8 Å². The number of hydrogen-bond donors (Lipinski definition) is 1. The predicted octanol–water partition coefficient (Wildman–Crippen LogP) is 3.44. The highest BCUT2D eigenvalue weighted by Gasteiger charge is 2.14. The van der Waals surface area contributed by atoms with E-state index in [0.29, 0.717) is 35.1 Å². The van der Waals surface area contributed by atoms with E-state index in [1.54, 1.807) is 35.2 Å². The van der Waals surface area contributed by atoms with Gasteiger partial charge in [-0.15, -0.1) is 0 Å². The van der Waals surface area contributed by atoms with Crippen molar-refractivity contribution in [3.63, 3.8) is 0 Å². The molecule has 0 aliphatic heterocycles. The molecular weight excluding hydrogens is 340 g/mol. The Hall–Kier alpha value is -2.53. The molecule has 25 heavy (non-hydrogen) atoms. The second-order valence-corrected chi connectivity index (χ2v) is 6.02. The van der Waals surface area contributed by atoms with E-state index in [1.165, 1.54) is 14.0 Å². The molecule has 0 aromatic heterocycles. The smallest absolute Gasteiger partial charge is 0.251 e. The average Bonchev–Trinajstić information content (AvgIpc) is 2.58. The Bertz CT molecular complexity index is 760. The molecule has 0 aliphatic rings. The number of aryl methyl sites for hydroxylation is 1. The van der Waals surface area contributed by atoms with Crippen LogP contribution in [0.4, 0.5) is 5.69 Å².